The minimum Gasteiger partial charge on any atom is -0.371 e. The number of nitrogens with zero attached hydrogens (tertiary/aromatic N) is 1. The number of anilines is 1. The summed E-state index contributed by atoms with van der Waals surface area (Å²) in [4.78, 5) is 26.0. The van der Waals surface area contributed by atoms with Gasteiger partial charge in [-0.3, -0.25) is 9.59 Å². The molecule has 104 valence electrons. The van der Waals surface area contributed by atoms with Crippen molar-refractivity contribution in [2.75, 3.05) is 18.9 Å². The van der Waals surface area contributed by atoms with Gasteiger partial charge in [0, 0.05) is 26.2 Å². The van der Waals surface area contributed by atoms with Crippen molar-refractivity contribution in [2.24, 2.45) is 5.73 Å². The molecule has 0 radical (unpaired) electrons. The fraction of sp³-hybridized carbons (Fsp3) is 0.417. The maximum Gasteiger partial charge on any atom is 0.254 e. The van der Waals surface area contributed by atoms with Crippen LogP contribution in [0.3, 0.4) is 0 Å². The molecule has 7 heteroatoms. The number of halogens is 1. The number of pyridine rings is 1. The zero-order valence-electron chi connectivity index (χ0n) is 10.7. The summed E-state index contributed by atoms with van der Waals surface area (Å²) < 4.78 is 13.8. The van der Waals surface area contributed by atoms with E-state index in [1.165, 1.54) is 19.3 Å². The average molecular weight is 268 g/mol. The molecule has 0 aromatic carbocycles. The molecule has 2 amide bonds. The molecule has 0 fully saturated rings. The molecular weight excluding hydrogens is 251 g/mol. The molecule has 0 bridgehead atoms. The largest absolute Gasteiger partial charge is 0.371 e. The van der Waals surface area contributed by atoms with E-state index in [1.54, 1.807) is 0 Å². The highest BCUT2D eigenvalue weighted by atomic mass is 19.1. The van der Waals surface area contributed by atoms with E-state index in [2.05, 4.69) is 15.6 Å². The first-order valence-electron chi connectivity index (χ1n) is 5.95. The Bertz CT molecular complexity index is 465. The number of aromatic nitrogens is 1. The van der Waals surface area contributed by atoms with E-state index in [4.69, 9.17) is 5.73 Å². The molecule has 0 saturated carbocycles. The van der Waals surface area contributed by atoms with Crippen molar-refractivity contribution < 1.29 is 14.0 Å². The molecule has 19 heavy (non-hydrogen) atoms. The predicted octanol–water partition coefficient (Wildman–Crippen LogP) is 0.648. The summed E-state index contributed by atoms with van der Waals surface area (Å²) in [5.41, 5.74) is 4.93. The first kappa shape index (κ1) is 14.9. The van der Waals surface area contributed by atoms with Gasteiger partial charge in [-0.15, -0.1) is 0 Å². The molecule has 0 atom stereocenters. The Kier molecular flexibility index (Phi) is 5.72. The number of carbonyl (C=O) groups is 2. The number of primary amides is 1. The van der Waals surface area contributed by atoms with E-state index in [-0.39, 0.29) is 23.7 Å². The Morgan fingerprint density at radius 1 is 1.42 bits per heavy atom. The molecule has 1 rings (SSSR count). The Morgan fingerprint density at radius 2 is 2.16 bits per heavy atom. The zero-order valence-corrected chi connectivity index (χ0v) is 10.7. The lowest BCUT2D eigenvalue weighted by Gasteiger charge is -2.07. The van der Waals surface area contributed by atoms with Crippen molar-refractivity contribution in [2.45, 2.75) is 19.3 Å². The van der Waals surface area contributed by atoms with Gasteiger partial charge in [0.05, 0.1) is 5.56 Å². The van der Waals surface area contributed by atoms with Crippen LogP contribution in [0.4, 0.5) is 10.2 Å². The van der Waals surface area contributed by atoms with Crippen LogP contribution in [0.1, 0.15) is 29.6 Å². The average Bonchev–Trinajstić information content (AvgIpc) is 2.38. The van der Waals surface area contributed by atoms with Gasteiger partial charge >= 0.3 is 0 Å². The number of nitrogens with two attached hydrogens (primary N) is 1. The van der Waals surface area contributed by atoms with E-state index in [0.29, 0.717) is 19.4 Å². The van der Waals surface area contributed by atoms with Crippen molar-refractivity contribution in [3.8, 4) is 0 Å². The number of carbonyl (C=O) groups excluding carboxylic acids is 2. The Balaban J connectivity index is 2.48. The quantitative estimate of drug-likeness (QED) is 0.632. The van der Waals surface area contributed by atoms with E-state index >= 15 is 0 Å². The summed E-state index contributed by atoms with van der Waals surface area (Å²) in [6.07, 6.45) is 2.84. The van der Waals surface area contributed by atoms with Gasteiger partial charge in [-0.25, -0.2) is 9.37 Å². The number of nitrogens with one attached hydrogen (secondary N) is 2. The molecule has 1 aromatic heterocycles. The highest BCUT2D eigenvalue weighted by Gasteiger charge is 2.14. The lowest BCUT2D eigenvalue weighted by atomic mass is 10.2. The SMILES string of the molecule is CNc1nccc(C(=O)NCCCCC(N)=O)c1F. The van der Waals surface area contributed by atoms with Crippen LogP contribution in [0, 0.1) is 5.82 Å². The molecule has 1 heterocycles. The fourth-order valence-corrected chi connectivity index (χ4v) is 1.51. The van der Waals surface area contributed by atoms with Crippen molar-refractivity contribution >= 4 is 17.6 Å². The van der Waals surface area contributed by atoms with E-state index in [9.17, 15) is 14.0 Å². The highest BCUT2D eigenvalue weighted by molar-refractivity contribution is 5.95. The summed E-state index contributed by atoms with van der Waals surface area (Å²) in [5.74, 6) is -1.53. The molecule has 0 aliphatic heterocycles. The van der Waals surface area contributed by atoms with Gasteiger partial charge < -0.3 is 16.4 Å². The topological polar surface area (TPSA) is 97.1 Å². The van der Waals surface area contributed by atoms with Crippen LogP contribution in [0.25, 0.3) is 0 Å². The minimum absolute atomic E-state index is 0.0291. The minimum atomic E-state index is -0.681. The van der Waals surface area contributed by atoms with Gasteiger partial charge in [0.15, 0.2) is 11.6 Å². The smallest absolute Gasteiger partial charge is 0.254 e. The second-order valence-corrected chi connectivity index (χ2v) is 3.95. The lowest BCUT2D eigenvalue weighted by Crippen LogP contribution is -2.26. The van der Waals surface area contributed by atoms with Crippen molar-refractivity contribution in [1.82, 2.24) is 10.3 Å². The number of hydrogen-bond donors (Lipinski definition) is 3. The first-order valence-corrected chi connectivity index (χ1v) is 5.95. The third-order valence-electron chi connectivity index (χ3n) is 2.51. The van der Waals surface area contributed by atoms with Gasteiger partial charge in [-0.2, -0.15) is 0 Å². The molecule has 6 nitrogen and oxygen atoms in total. The van der Waals surface area contributed by atoms with Crippen molar-refractivity contribution in [3.63, 3.8) is 0 Å². The lowest BCUT2D eigenvalue weighted by molar-refractivity contribution is -0.118. The number of rotatable bonds is 7. The van der Waals surface area contributed by atoms with Crippen LogP contribution in [0.15, 0.2) is 12.3 Å². The van der Waals surface area contributed by atoms with Crippen LogP contribution in [-0.4, -0.2) is 30.4 Å². The molecule has 0 spiro atoms. The van der Waals surface area contributed by atoms with Crippen LogP contribution in [0.5, 0.6) is 0 Å². The normalized spacial score (nSPS) is 10.0. The fourth-order valence-electron chi connectivity index (χ4n) is 1.51. The zero-order chi connectivity index (χ0) is 14.3. The number of hydrogen-bond acceptors (Lipinski definition) is 4. The molecule has 0 aliphatic rings. The molecule has 1 aromatic rings. The number of unbranched alkanes of at least 4 members (excludes halogenated alkanes) is 1. The van der Waals surface area contributed by atoms with Gasteiger partial charge in [0.1, 0.15) is 0 Å². The van der Waals surface area contributed by atoms with Gasteiger partial charge in [-0.05, 0) is 18.9 Å². The van der Waals surface area contributed by atoms with Gasteiger partial charge in [0.25, 0.3) is 5.91 Å². The molecule has 0 unspecified atom stereocenters. The van der Waals surface area contributed by atoms with Gasteiger partial charge in [-0.1, -0.05) is 0 Å². The van der Waals surface area contributed by atoms with Crippen LogP contribution < -0.4 is 16.4 Å². The third-order valence-corrected chi connectivity index (χ3v) is 2.51. The van der Waals surface area contributed by atoms with E-state index < -0.39 is 11.7 Å². The Labute approximate surface area is 110 Å². The maximum absolute atomic E-state index is 13.8. The molecule has 0 saturated heterocycles. The monoisotopic (exact) mass is 268 g/mol. The summed E-state index contributed by atoms with van der Waals surface area (Å²) in [7, 11) is 1.52. The third kappa shape index (κ3) is 4.53. The summed E-state index contributed by atoms with van der Waals surface area (Å²) in [6.45, 7) is 0.364. The maximum atomic E-state index is 13.8. The molecular formula is C12H17FN4O2. The standard InChI is InChI=1S/C12H17FN4O2/c1-15-11-10(13)8(5-7-16-11)12(19)17-6-3-2-4-9(14)18/h5,7H,2-4,6H2,1H3,(H2,14,18)(H,15,16)(H,17,19). The summed E-state index contributed by atoms with van der Waals surface area (Å²) in [5, 5.41) is 5.14. The second-order valence-electron chi connectivity index (χ2n) is 3.95. The summed E-state index contributed by atoms with van der Waals surface area (Å²) in [6, 6.07) is 1.31. The molecule has 0 aliphatic carbocycles. The second kappa shape index (κ2) is 7.30. The Morgan fingerprint density at radius 3 is 2.79 bits per heavy atom. The molecule has 4 N–H and O–H groups in total. The predicted molar refractivity (Wildman–Crippen MR) is 69.1 cm³/mol. The summed E-state index contributed by atoms with van der Waals surface area (Å²) >= 11 is 0. The van der Waals surface area contributed by atoms with Gasteiger partial charge in [0.2, 0.25) is 5.91 Å². The first-order chi connectivity index (χ1) is 9.06. The van der Waals surface area contributed by atoms with Crippen LogP contribution >= 0.6 is 0 Å². The van der Waals surface area contributed by atoms with Crippen molar-refractivity contribution in [3.05, 3.63) is 23.6 Å². The highest BCUT2D eigenvalue weighted by Crippen LogP contribution is 2.14. The number of amides is 2. The van der Waals surface area contributed by atoms with Crippen LogP contribution in [0.2, 0.25) is 0 Å². The van der Waals surface area contributed by atoms with Crippen LogP contribution in [-0.2, 0) is 4.79 Å². The van der Waals surface area contributed by atoms with Crippen molar-refractivity contribution in [1.29, 1.82) is 0 Å². The Hall–Kier alpha value is -2.18. The van der Waals surface area contributed by atoms with E-state index in [0.717, 1.165) is 0 Å². The van der Waals surface area contributed by atoms with E-state index in [1.807, 2.05) is 0 Å².